The normalized spacial score (nSPS) is 16.1. The van der Waals surface area contributed by atoms with Crippen molar-refractivity contribution < 1.29 is 8.78 Å². The molecule has 7 heteroatoms. The molecule has 0 bridgehead atoms. The maximum atomic E-state index is 13.9. The van der Waals surface area contributed by atoms with Gasteiger partial charge in [0.2, 0.25) is 0 Å². The first-order chi connectivity index (χ1) is 9.16. The average molecular weight is 265 g/mol. The molecule has 1 saturated carbocycles. The van der Waals surface area contributed by atoms with Crippen molar-refractivity contribution in [3.63, 3.8) is 0 Å². The van der Waals surface area contributed by atoms with E-state index in [1.165, 1.54) is 4.68 Å². The molecule has 0 saturated heterocycles. The van der Waals surface area contributed by atoms with Gasteiger partial charge < -0.3 is 5.73 Å². The molecule has 1 aromatic carbocycles. The van der Waals surface area contributed by atoms with Gasteiger partial charge in [-0.1, -0.05) is 12.8 Å². The van der Waals surface area contributed by atoms with Crippen LogP contribution in [0.3, 0.4) is 0 Å². The Bertz CT molecular complexity index is 581. The minimum absolute atomic E-state index is 0.0101. The van der Waals surface area contributed by atoms with E-state index in [2.05, 4.69) is 15.5 Å². The van der Waals surface area contributed by atoms with Crippen LogP contribution in [0.1, 0.15) is 37.4 Å². The van der Waals surface area contributed by atoms with Gasteiger partial charge in [0.15, 0.2) is 11.6 Å². The largest absolute Gasteiger partial charge is 0.397 e. The van der Waals surface area contributed by atoms with Crippen molar-refractivity contribution in [2.75, 3.05) is 5.73 Å². The molecule has 2 aromatic rings. The molecule has 1 aromatic heterocycles. The molecule has 1 fully saturated rings. The predicted octanol–water partition coefficient (Wildman–Crippen LogP) is 2.18. The number of aromatic nitrogens is 4. The van der Waals surface area contributed by atoms with Gasteiger partial charge >= 0.3 is 0 Å². The third-order valence-corrected chi connectivity index (χ3v) is 3.48. The minimum atomic E-state index is -0.760. The molecule has 0 radical (unpaired) electrons. The number of hydrogen-bond acceptors (Lipinski definition) is 4. The number of tetrazole rings is 1. The number of rotatable bonds is 2. The van der Waals surface area contributed by atoms with E-state index in [-0.39, 0.29) is 17.3 Å². The van der Waals surface area contributed by atoms with Gasteiger partial charge in [0.25, 0.3) is 0 Å². The number of hydrogen-bond donors (Lipinski definition) is 1. The van der Waals surface area contributed by atoms with Gasteiger partial charge in [0, 0.05) is 12.0 Å². The third kappa shape index (κ3) is 2.05. The second-order valence-electron chi connectivity index (χ2n) is 4.76. The monoisotopic (exact) mass is 265 g/mol. The van der Waals surface area contributed by atoms with Crippen LogP contribution < -0.4 is 5.73 Å². The second-order valence-corrected chi connectivity index (χ2v) is 4.76. The quantitative estimate of drug-likeness (QED) is 0.845. The molecular weight excluding hydrogens is 252 g/mol. The number of nitrogens with zero attached hydrogens (tertiary/aromatic N) is 4. The van der Waals surface area contributed by atoms with E-state index >= 15 is 0 Å². The van der Waals surface area contributed by atoms with Gasteiger partial charge in [0.05, 0.1) is 5.69 Å². The van der Waals surface area contributed by atoms with E-state index in [9.17, 15) is 8.78 Å². The van der Waals surface area contributed by atoms with E-state index in [4.69, 9.17) is 5.73 Å². The fourth-order valence-corrected chi connectivity index (χ4v) is 2.60. The van der Waals surface area contributed by atoms with Crippen LogP contribution in [0.5, 0.6) is 0 Å². The summed E-state index contributed by atoms with van der Waals surface area (Å²) in [5.41, 5.74) is 5.70. The summed E-state index contributed by atoms with van der Waals surface area (Å²) in [5, 5.41) is 11.4. The number of nitrogens with two attached hydrogens (primary N) is 1. The zero-order valence-corrected chi connectivity index (χ0v) is 10.2. The summed E-state index contributed by atoms with van der Waals surface area (Å²) in [7, 11) is 0. The Morgan fingerprint density at radius 2 is 1.95 bits per heavy atom. The third-order valence-electron chi connectivity index (χ3n) is 3.48. The van der Waals surface area contributed by atoms with Crippen LogP contribution in [0.25, 0.3) is 5.69 Å². The molecule has 19 heavy (non-hydrogen) atoms. The SMILES string of the molecule is Nc1cc(F)cc(F)c1-n1nnnc1C1CCCC1. The molecule has 1 aliphatic rings. The van der Waals surface area contributed by atoms with Crippen LogP contribution in [0.2, 0.25) is 0 Å². The van der Waals surface area contributed by atoms with Gasteiger partial charge in [-0.3, -0.25) is 0 Å². The summed E-state index contributed by atoms with van der Waals surface area (Å²) in [5.74, 6) is -0.674. The first kappa shape index (κ1) is 12.0. The lowest BCUT2D eigenvalue weighted by molar-refractivity contribution is 0.563. The van der Waals surface area contributed by atoms with E-state index in [0.29, 0.717) is 5.82 Å². The Hall–Kier alpha value is -2.05. The molecule has 0 spiro atoms. The summed E-state index contributed by atoms with van der Waals surface area (Å²) in [6.45, 7) is 0. The Balaban J connectivity index is 2.10. The molecule has 3 rings (SSSR count). The van der Waals surface area contributed by atoms with Crippen molar-refractivity contribution >= 4 is 5.69 Å². The van der Waals surface area contributed by atoms with Crippen molar-refractivity contribution in [1.29, 1.82) is 0 Å². The maximum Gasteiger partial charge on any atom is 0.159 e. The van der Waals surface area contributed by atoms with Crippen molar-refractivity contribution in [3.05, 3.63) is 29.6 Å². The molecule has 2 N–H and O–H groups in total. The fraction of sp³-hybridized carbons (Fsp3) is 0.417. The van der Waals surface area contributed by atoms with Crippen LogP contribution >= 0.6 is 0 Å². The summed E-state index contributed by atoms with van der Waals surface area (Å²) in [4.78, 5) is 0. The Labute approximate surface area is 108 Å². The van der Waals surface area contributed by atoms with Crippen LogP contribution in [0.4, 0.5) is 14.5 Å². The summed E-state index contributed by atoms with van der Waals surface area (Å²) in [6.07, 6.45) is 4.17. The van der Waals surface area contributed by atoms with Crippen LogP contribution in [0.15, 0.2) is 12.1 Å². The van der Waals surface area contributed by atoms with Gasteiger partial charge in [-0.05, 0) is 29.3 Å². The molecular formula is C12H13F2N5. The summed E-state index contributed by atoms with van der Waals surface area (Å²) in [6, 6.07) is 1.85. The molecule has 5 nitrogen and oxygen atoms in total. The highest BCUT2D eigenvalue weighted by molar-refractivity contribution is 5.58. The number of nitrogen functional groups attached to an aromatic ring is 1. The molecule has 0 unspecified atom stereocenters. The first-order valence-electron chi connectivity index (χ1n) is 6.20. The minimum Gasteiger partial charge on any atom is -0.397 e. The Kier molecular flexibility index (Phi) is 2.88. The zero-order valence-electron chi connectivity index (χ0n) is 10.2. The molecule has 1 aliphatic carbocycles. The van der Waals surface area contributed by atoms with Crippen molar-refractivity contribution in [2.45, 2.75) is 31.6 Å². The van der Waals surface area contributed by atoms with E-state index in [0.717, 1.165) is 37.8 Å². The number of anilines is 1. The number of halogens is 2. The highest BCUT2D eigenvalue weighted by Gasteiger charge is 2.25. The maximum absolute atomic E-state index is 13.9. The van der Waals surface area contributed by atoms with Gasteiger partial charge in [-0.15, -0.1) is 5.10 Å². The lowest BCUT2D eigenvalue weighted by atomic mass is 10.1. The highest BCUT2D eigenvalue weighted by atomic mass is 19.1. The van der Waals surface area contributed by atoms with E-state index in [1.807, 2.05) is 0 Å². The van der Waals surface area contributed by atoms with Gasteiger partial charge in [-0.2, -0.15) is 4.68 Å². The molecule has 1 heterocycles. The van der Waals surface area contributed by atoms with Crippen molar-refractivity contribution in [3.8, 4) is 5.69 Å². The summed E-state index contributed by atoms with van der Waals surface area (Å²) >= 11 is 0. The Morgan fingerprint density at radius 1 is 1.21 bits per heavy atom. The predicted molar refractivity (Wildman–Crippen MR) is 64.7 cm³/mol. The molecule has 0 amide bonds. The molecule has 100 valence electrons. The molecule has 0 aliphatic heterocycles. The smallest absolute Gasteiger partial charge is 0.159 e. The van der Waals surface area contributed by atoms with E-state index < -0.39 is 11.6 Å². The van der Waals surface area contributed by atoms with Crippen LogP contribution in [-0.4, -0.2) is 20.2 Å². The van der Waals surface area contributed by atoms with Crippen molar-refractivity contribution in [1.82, 2.24) is 20.2 Å². The second kappa shape index (κ2) is 4.56. The highest BCUT2D eigenvalue weighted by Crippen LogP contribution is 2.34. The van der Waals surface area contributed by atoms with Crippen LogP contribution in [-0.2, 0) is 0 Å². The number of benzene rings is 1. The molecule has 0 atom stereocenters. The van der Waals surface area contributed by atoms with E-state index in [1.54, 1.807) is 0 Å². The Morgan fingerprint density at radius 3 is 2.63 bits per heavy atom. The van der Waals surface area contributed by atoms with Crippen molar-refractivity contribution in [2.24, 2.45) is 0 Å². The van der Waals surface area contributed by atoms with Gasteiger partial charge in [-0.25, -0.2) is 8.78 Å². The standard InChI is InChI=1S/C12H13F2N5/c13-8-5-9(14)11(10(15)6-8)19-12(16-17-18-19)7-3-1-2-4-7/h5-7H,1-4,15H2. The van der Waals surface area contributed by atoms with Gasteiger partial charge in [0.1, 0.15) is 11.5 Å². The lowest BCUT2D eigenvalue weighted by Gasteiger charge is -2.12. The average Bonchev–Trinajstić information content (AvgIpc) is 2.96. The zero-order chi connectivity index (χ0) is 13.4. The lowest BCUT2D eigenvalue weighted by Crippen LogP contribution is -2.11. The fourth-order valence-electron chi connectivity index (χ4n) is 2.60. The topological polar surface area (TPSA) is 69.6 Å². The van der Waals surface area contributed by atoms with Crippen LogP contribution in [0, 0.1) is 11.6 Å². The summed E-state index contributed by atoms with van der Waals surface area (Å²) < 4.78 is 28.3. The first-order valence-corrected chi connectivity index (χ1v) is 6.20.